The molecule has 1 aliphatic heterocycles. The van der Waals surface area contributed by atoms with Crippen LogP contribution in [-0.4, -0.2) is 34.9 Å². The number of piperidine rings is 1. The maximum atomic E-state index is 12.6. The SMILES string of the molecule is CC(C)(OC(=O)c1cc(O)c2ccccc2c1O)C1CC[NH2+]CC1. The maximum Gasteiger partial charge on any atom is 0.342 e. The Kier molecular flexibility index (Phi) is 4.37. The standard InChI is InChI=1S/C19H23NO4/c1-19(2,12-7-9-20-10-8-12)24-18(23)15-11-16(21)13-5-3-4-6-14(13)17(15)22/h3-6,11-12,20-22H,7-10H2,1-2H3/p+1. The van der Waals surface area contributed by atoms with Crippen molar-refractivity contribution in [2.24, 2.45) is 5.92 Å². The molecule has 0 aromatic heterocycles. The molecule has 4 N–H and O–H groups in total. The lowest BCUT2D eigenvalue weighted by molar-refractivity contribution is -0.665. The van der Waals surface area contributed by atoms with E-state index in [1.807, 2.05) is 13.8 Å². The average molecular weight is 330 g/mol. The van der Waals surface area contributed by atoms with Gasteiger partial charge < -0.3 is 20.3 Å². The zero-order chi connectivity index (χ0) is 17.3. The van der Waals surface area contributed by atoms with E-state index in [4.69, 9.17) is 4.74 Å². The summed E-state index contributed by atoms with van der Waals surface area (Å²) in [7, 11) is 0. The predicted octanol–water partition coefficient (Wildman–Crippen LogP) is 2.16. The zero-order valence-electron chi connectivity index (χ0n) is 14.1. The third kappa shape index (κ3) is 3.04. The number of quaternary nitrogens is 1. The van der Waals surface area contributed by atoms with Crippen LogP contribution in [0.1, 0.15) is 37.0 Å². The van der Waals surface area contributed by atoms with Crippen molar-refractivity contribution in [3.05, 3.63) is 35.9 Å². The van der Waals surface area contributed by atoms with Gasteiger partial charge in [0.05, 0.1) is 13.1 Å². The number of carbonyl (C=O) groups excluding carboxylic acids is 1. The molecule has 1 aliphatic rings. The zero-order valence-corrected chi connectivity index (χ0v) is 14.1. The Morgan fingerprint density at radius 1 is 1.17 bits per heavy atom. The molecule has 0 radical (unpaired) electrons. The van der Waals surface area contributed by atoms with E-state index in [0.717, 1.165) is 25.9 Å². The van der Waals surface area contributed by atoms with Gasteiger partial charge in [0.25, 0.3) is 0 Å². The summed E-state index contributed by atoms with van der Waals surface area (Å²) in [6, 6.07) is 8.16. The second-order valence-electron chi connectivity index (χ2n) is 6.97. The van der Waals surface area contributed by atoms with Gasteiger partial charge >= 0.3 is 5.97 Å². The fraction of sp³-hybridized carbons (Fsp3) is 0.421. The minimum atomic E-state index is -0.612. The first-order chi connectivity index (χ1) is 11.4. The van der Waals surface area contributed by atoms with E-state index in [1.54, 1.807) is 24.3 Å². The minimum Gasteiger partial charge on any atom is -0.507 e. The lowest BCUT2D eigenvalue weighted by Gasteiger charge is -2.35. The molecule has 5 heteroatoms. The number of ether oxygens (including phenoxy) is 1. The topological polar surface area (TPSA) is 83.4 Å². The third-order valence-corrected chi connectivity index (χ3v) is 4.99. The van der Waals surface area contributed by atoms with Gasteiger partial charge in [-0.3, -0.25) is 0 Å². The van der Waals surface area contributed by atoms with Crippen LogP contribution < -0.4 is 5.32 Å². The molecule has 0 spiro atoms. The number of esters is 1. The van der Waals surface area contributed by atoms with Crippen molar-refractivity contribution in [1.82, 2.24) is 0 Å². The summed E-state index contributed by atoms with van der Waals surface area (Å²) < 4.78 is 5.72. The molecular weight excluding hydrogens is 306 g/mol. The van der Waals surface area contributed by atoms with E-state index < -0.39 is 11.6 Å². The van der Waals surface area contributed by atoms with Gasteiger partial charge in [-0.25, -0.2) is 4.79 Å². The molecule has 3 rings (SSSR count). The first-order valence-electron chi connectivity index (χ1n) is 8.39. The van der Waals surface area contributed by atoms with Gasteiger partial charge in [-0.2, -0.15) is 0 Å². The van der Waals surface area contributed by atoms with Crippen LogP contribution in [0.15, 0.2) is 30.3 Å². The number of nitrogens with two attached hydrogens (primary N) is 1. The van der Waals surface area contributed by atoms with E-state index >= 15 is 0 Å². The number of phenolic OH excluding ortho intramolecular Hbond substituents is 2. The van der Waals surface area contributed by atoms with Gasteiger partial charge in [-0.05, 0) is 19.9 Å². The highest BCUT2D eigenvalue weighted by molar-refractivity contribution is 6.03. The van der Waals surface area contributed by atoms with Crippen molar-refractivity contribution >= 4 is 16.7 Å². The van der Waals surface area contributed by atoms with Crippen LogP contribution >= 0.6 is 0 Å². The summed E-state index contributed by atoms with van der Waals surface area (Å²) in [4.78, 5) is 12.6. The van der Waals surface area contributed by atoms with Crippen LogP contribution in [0.25, 0.3) is 10.8 Å². The molecule has 0 atom stereocenters. The van der Waals surface area contributed by atoms with E-state index in [1.165, 1.54) is 6.07 Å². The summed E-state index contributed by atoms with van der Waals surface area (Å²) in [5.41, 5.74) is -0.611. The van der Waals surface area contributed by atoms with Gasteiger partial charge in [0.2, 0.25) is 0 Å². The Morgan fingerprint density at radius 3 is 2.46 bits per heavy atom. The summed E-state index contributed by atoms with van der Waals surface area (Å²) in [5, 5.41) is 23.8. The van der Waals surface area contributed by atoms with Gasteiger partial charge in [0, 0.05) is 29.5 Å². The van der Waals surface area contributed by atoms with Crippen molar-refractivity contribution < 1.29 is 25.1 Å². The Labute approximate surface area is 141 Å². The molecule has 128 valence electrons. The highest BCUT2D eigenvalue weighted by Gasteiger charge is 2.36. The average Bonchev–Trinajstić information content (AvgIpc) is 2.58. The van der Waals surface area contributed by atoms with Crippen LogP contribution in [0, 0.1) is 5.92 Å². The molecule has 1 heterocycles. The quantitative estimate of drug-likeness (QED) is 0.595. The lowest BCUT2D eigenvalue weighted by Crippen LogP contribution is -2.86. The van der Waals surface area contributed by atoms with E-state index in [-0.39, 0.29) is 17.1 Å². The summed E-state index contributed by atoms with van der Waals surface area (Å²) in [5.74, 6) is -0.502. The second-order valence-corrected chi connectivity index (χ2v) is 6.97. The molecule has 0 saturated carbocycles. The Morgan fingerprint density at radius 2 is 1.79 bits per heavy atom. The maximum absolute atomic E-state index is 12.6. The van der Waals surface area contributed by atoms with Crippen LogP contribution in [0.3, 0.4) is 0 Å². The molecule has 0 unspecified atom stereocenters. The third-order valence-electron chi connectivity index (χ3n) is 4.99. The number of phenols is 2. The van der Waals surface area contributed by atoms with Gasteiger partial charge in [-0.15, -0.1) is 0 Å². The highest BCUT2D eigenvalue weighted by Crippen LogP contribution is 2.37. The normalized spacial score (nSPS) is 16.2. The molecule has 2 aromatic carbocycles. The van der Waals surface area contributed by atoms with Crippen LogP contribution in [0.5, 0.6) is 11.5 Å². The molecule has 24 heavy (non-hydrogen) atoms. The second kappa shape index (κ2) is 6.32. The van der Waals surface area contributed by atoms with Crippen molar-refractivity contribution in [2.75, 3.05) is 13.1 Å². The number of rotatable bonds is 3. The molecule has 1 fully saturated rings. The summed E-state index contributed by atoms with van der Waals surface area (Å²) >= 11 is 0. The van der Waals surface area contributed by atoms with Gasteiger partial charge in [0.1, 0.15) is 22.7 Å². The van der Waals surface area contributed by atoms with E-state index in [2.05, 4.69) is 5.32 Å². The predicted molar refractivity (Wildman–Crippen MR) is 91.2 cm³/mol. The van der Waals surface area contributed by atoms with E-state index in [0.29, 0.717) is 16.7 Å². The van der Waals surface area contributed by atoms with Crippen LogP contribution in [-0.2, 0) is 4.74 Å². The molecule has 0 bridgehead atoms. The van der Waals surface area contributed by atoms with Crippen molar-refractivity contribution in [2.45, 2.75) is 32.3 Å². The molecule has 2 aromatic rings. The Hall–Kier alpha value is -2.27. The smallest absolute Gasteiger partial charge is 0.342 e. The number of hydrogen-bond donors (Lipinski definition) is 3. The molecule has 1 saturated heterocycles. The highest BCUT2D eigenvalue weighted by atomic mass is 16.6. The van der Waals surface area contributed by atoms with Gasteiger partial charge in [0.15, 0.2) is 0 Å². The Bertz CT molecular complexity index is 763. The first kappa shape index (κ1) is 16.6. The molecular formula is C19H24NO4+. The molecule has 5 nitrogen and oxygen atoms in total. The first-order valence-corrected chi connectivity index (χ1v) is 8.39. The Balaban J connectivity index is 1.90. The summed E-state index contributed by atoms with van der Waals surface area (Å²) in [6.07, 6.45) is 1.99. The molecule has 0 aliphatic carbocycles. The largest absolute Gasteiger partial charge is 0.507 e. The number of carbonyl (C=O) groups is 1. The summed E-state index contributed by atoms with van der Waals surface area (Å²) in [6.45, 7) is 5.90. The fourth-order valence-electron chi connectivity index (χ4n) is 3.50. The molecule has 0 amide bonds. The number of benzene rings is 2. The number of fused-ring (bicyclic) bond motifs is 1. The lowest BCUT2D eigenvalue weighted by atomic mass is 9.83. The fourth-order valence-corrected chi connectivity index (χ4v) is 3.50. The van der Waals surface area contributed by atoms with Crippen molar-refractivity contribution in [3.63, 3.8) is 0 Å². The monoisotopic (exact) mass is 330 g/mol. The van der Waals surface area contributed by atoms with Gasteiger partial charge in [-0.1, -0.05) is 24.3 Å². The van der Waals surface area contributed by atoms with Crippen molar-refractivity contribution in [1.29, 1.82) is 0 Å². The van der Waals surface area contributed by atoms with Crippen molar-refractivity contribution in [3.8, 4) is 11.5 Å². The number of hydrogen-bond acceptors (Lipinski definition) is 4. The van der Waals surface area contributed by atoms with E-state index in [9.17, 15) is 15.0 Å². The van der Waals surface area contributed by atoms with Crippen LogP contribution in [0.4, 0.5) is 0 Å². The number of aromatic hydroxyl groups is 2. The minimum absolute atomic E-state index is 0.00152. The van der Waals surface area contributed by atoms with Crippen LogP contribution in [0.2, 0.25) is 0 Å².